The van der Waals surface area contributed by atoms with Crippen molar-refractivity contribution in [1.29, 1.82) is 0 Å². The Kier molecular flexibility index (Phi) is 8.10. The van der Waals surface area contributed by atoms with Crippen molar-refractivity contribution in [1.82, 2.24) is 14.5 Å². The Balaban J connectivity index is 1.45. The van der Waals surface area contributed by atoms with Crippen LogP contribution in [0, 0.1) is 5.92 Å². The zero-order valence-corrected chi connectivity index (χ0v) is 18.7. The molecule has 0 radical (unpaired) electrons. The summed E-state index contributed by atoms with van der Waals surface area (Å²) in [5, 5.41) is 0. The lowest BCUT2D eigenvalue weighted by molar-refractivity contribution is -0.134. The van der Waals surface area contributed by atoms with Gasteiger partial charge in [-0.25, -0.2) is 8.42 Å². The molecule has 0 bridgehead atoms. The highest BCUT2D eigenvalue weighted by atomic mass is 32.2. The summed E-state index contributed by atoms with van der Waals surface area (Å²) in [4.78, 5) is 17.1. The number of sulfonamides is 1. The van der Waals surface area contributed by atoms with Gasteiger partial charge in [0.1, 0.15) is 5.75 Å². The summed E-state index contributed by atoms with van der Waals surface area (Å²) in [5.74, 6) is 1.02. The molecule has 1 aromatic carbocycles. The first kappa shape index (κ1) is 23.0. The third-order valence-electron chi connectivity index (χ3n) is 5.96. The van der Waals surface area contributed by atoms with Crippen LogP contribution in [-0.4, -0.2) is 83.2 Å². The van der Waals surface area contributed by atoms with E-state index in [9.17, 15) is 13.2 Å². The Bertz CT molecular complexity index is 785. The molecule has 2 aliphatic rings. The fraction of sp³-hybridized carbons (Fsp3) is 0.667. The zero-order valence-electron chi connectivity index (χ0n) is 17.9. The number of morpholine rings is 1. The summed E-state index contributed by atoms with van der Waals surface area (Å²) < 4.78 is 38.1. The Hall–Kier alpha value is -1.68. The molecule has 2 heterocycles. The van der Waals surface area contributed by atoms with Crippen molar-refractivity contribution in [2.45, 2.75) is 37.1 Å². The monoisotopic (exact) mass is 439 g/mol. The lowest BCUT2D eigenvalue weighted by atomic mass is 9.93. The first-order valence-electron chi connectivity index (χ1n) is 10.6. The Morgan fingerprint density at radius 3 is 2.40 bits per heavy atom. The smallest absolute Gasteiger partial charge is 0.241 e. The third-order valence-corrected chi connectivity index (χ3v) is 7.51. The molecule has 2 saturated heterocycles. The van der Waals surface area contributed by atoms with Crippen molar-refractivity contribution in [2.75, 3.05) is 53.0 Å². The summed E-state index contributed by atoms with van der Waals surface area (Å²) in [6, 6.07) is 5.31. The highest BCUT2D eigenvalue weighted by molar-refractivity contribution is 7.89. The number of rotatable bonds is 8. The number of methoxy groups -OCH3 is 1. The second-order valence-electron chi connectivity index (χ2n) is 8.03. The molecule has 0 spiro atoms. The predicted molar refractivity (Wildman–Crippen MR) is 114 cm³/mol. The summed E-state index contributed by atoms with van der Waals surface area (Å²) in [7, 11) is -2.25. The Morgan fingerprint density at radius 2 is 1.80 bits per heavy atom. The molecule has 168 valence electrons. The van der Waals surface area contributed by atoms with Crippen LogP contribution >= 0.6 is 0 Å². The molecule has 0 aromatic heterocycles. The molecule has 0 unspecified atom stereocenters. The molecular weight excluding hydrogens is 406 g/mol. The minimum absolute atomic E-state index is 0.116. The van der Waals surface area contributed by atoms with Gasteiger partial charge in [-0.3, -0.25) is 9.69 Å². The van der Waals surface area contributed by atoms with Gasteiger partial charge in [-0.05, 0) is 62.9 Å². The summed E-state index contributed by atoms with van der Waals surface area (Å²) in [6.07, 6.45) is 3.07. The molecule has 1 N–H and O–H groups in total. The number of likely N-dealkylation sites (tertiary alicyclic amines) is 1. The van der Waals surface area contributed by atoms with E-state index in [2.05, 4.69) is 9.62 Å². The number of ether oxygens (including phenoxy) is 2. The molecular formula is C21H33N3O5S. The van der Waals surface area contributed by atoms with Crippen LogP contribution in [0.15, 0.2) is 29.2 Å². The molecule has 9 heteroatoms. The first-order valence-corrected chi connectivity index (χ1v) is 12.1. The fourth-order valence-electron chi connectivity index (χ4n) is 4.01. The topological polar surface area (TPSA) is 88.2 Å². The normalized spacial score (nSPS) is 20.1. The quantitative estimate of drug-likeness (QED) is 0.657. The fourth-order valence-corrected chi connectivity index (χ4v) is 5.21. The van der Waals surface area contributed by atoms with Crippen LogP contribution in [0.4, 0.5) is 0 Å². The van der Waals surface area contributed by atoms with E-state index in [1.807, 2.05) is 0 Å². The molecule has 0 aliphatic carbocycles. The van der Waals surface area contributed by atoms with Crippen molar-refractivity contribution in [2.24, 2.45) is 5.92 Å². The van der Waals surface area contributed by atoms with Gasteiger partial charge < -0.3 is 14.4 Å². The van der Waals surface area contributed by atoms with Gasteiger partial charge in [-0.15, -0.1) is 0 Å². The molecule has 1 amide bonds. The first-order chi connectivity index (χ1) is 14.4. The van der Waals surface area contributed by atoms with Gasteiger partial charge >= 0.3 is 0 Å². The van der Waals surface area contributed by atoms with E-state index in [0.717, 1.165) is 52.1 Å². The van der Waals surface area contributed by atoms with Gasteiger partial charge in [0.05, 0.1) is 31.3 Å². The van der Waals surface area contributed by atoms with E-state index < -0.39 is 16.1 Å². The van der Waals surface area contributed by atoms with Crippen molar-refractivity contribution < 1.29 is 22.7 Å². The molecule has 0 saturated carbocycles. The number of amides is 1. The number of nitrogens with one attached hydrogen (secondary N) is 1. The maximum Gasteiger partial charge on any atom is 0.241 e. The van der Waals surface area contributed by atoms with E-state index >= 15 is 0 Å². The van der Waals surface area contributed by atoms with E-state index in [4.69, 9.17) is 9.47 Å². The Labute approximate surface area is 179 Å². The zero-order chi connectivity index (χ0) is 21.6. The van der Waals surface area contributed by atoms with Crippen LogP contribution < -0.4 is 9.46 Å². The lowest BCUT2D eigenvalue weighted by Gasteiger charge is -2.35. The number of carbonyl (C=O) groups is 1. The van der Waals surface area contributed by atoms with Crippen LogP contribution in [0.1, 0.15) is 26.2 Å². The van der Waals surface area contributed by atoms with Gasteiger partial charge in [0, 0.05) is 26.2 Å². The predicted octanol–water partition coefficient (Wildman–Crippen LogP) is 1.32. The van der Waals surface area contributed by atoms with Gasteiger partial charge in [0.2, 0.25) is 15.9 Å². The van der Waals surface area contributed by atoms with Crippen molar-refractivity contribution >= 4 is 15.9 Å². The van der Waals surface area contributed by atoms with Crippen molar-refractivity contribution in [3.63, 3.8) is 0 Å². The van der Waals surface area contributed by atoms with Gasteiger partial charge in [0.25, 0.3) is 0 Å². The van der Waals surface area contributed by atoms with Gasteiger partial charge in [-0.2, -0.15) is 4.72 Å². The number of nitrogens with zero attached hydrogens (tertiary/aromatic N) is 2. The number of hydrogen-bond acceptors (Lipinski definition) is 6. The van der Waals surface area contributed by atoms with Gasteiger partial charge in [0.15, 0.2) is 0 Å². The van der Waals surface area contributed by atoms with Crippen LogP contribution in [0.25, 0.3) is 0 Å². The summed E-state index contributed by atoms with van der Waals surface area (Å²) in [5.41, 5.74) is 0. The van der Waals surface area contributed by atoms with Crippen LogP contribution in [0.2, 0.25) is 0 Å². The Morgan fingerprint density at radius 1 is 1.17 bits per heavy atom. The SMILES string of the molecule is COc1ccc(S(=O)(=O)N[C@@H](C)C(=O)N2CCC(CCN3CCOCC3)CC2)cc1. The lowest BCUT2D eigenvalue weighted by Crippen LogP contribution is -2.49. The third kappa shape index (κ3) is 6.16. The molecule has 30 heavy (non-hydrogen) atoms. The minimum atomic E-state index is -3.77. The molecule has 8 nitrogen and oxygen atoms in total. The molecule has 1 aromatic rings. The average molecular weight is 440 g/mol. The van der Waals surface area contributed by atoms with Crippen LogP contribution in [0.5, 0.6) is 5.75 Å². The highest BCUT2D eigenvalue weighted by Gasteiger charge is 2.29. The average Bonchev–Trinajstić information content (AvgIpc) is 2.78. The summed E-state index contributed by atoms with van der Waals surface area (Å²) >= 11 is 0. The molecule has 1 atom stereocenters. The van der Waals surface area contributed by atoms with Crippen molar-refractivity contribution in [3.05, 3.63) is 24.3 Å². The van der Waals surface area contributed by atoms with E-state index in [1.54, 1.807) is 24.0 Å². The second kappa shape index (κ2) is 10.6. The largest absolute Gasteiger partial charge is 0.497 e. The molecule has 2 fully saturated rings. The minimum Gasteiger partial charge on any atom is -0.497 e. The van der Waals surface area contributed by atoms with E-state index in [-0.39, 0.29) is 10.8 Å². The number of hydrogen-bond donors (Lipinski definition) is 1. The molecule has 2 aliphatic heterocycles. The summed E-state index contributed by atoms with van der Waals surface area (Å²) in [6.45, 7) is 7.69. The van der Waals surface area contributed by atoms with Gasteiger partial charge in [-0.1, -0.05) is 0 Å². The van der Waals surface area contributed by atoms with Crippen LogP contribution in [-0.2, 0) is 19.6 Å². The second-order valence-corrected chi connectivity index (χ2v) is 9.74. The number of benzene rings is 1. The van der Waals surface area contributed by atoms with E-state index in [1.165, 1.54) is 19.2 Å². The maximum absolute atomic E-state index is 12.8. The number of carbonyl (C=O) groups excluding carboxylic acids is 1. The van der Waals surface area contributed by atoms with Crippen LogP contribution in [0.3, 0.4) is 0 Å². The van der Waals surface area contributed by atoms with Crippen molar-refractivity contribution in [3.8, 4) is 5.75 Å². The number of piperidine rings is 1. The van der Waals surface area contributed by atoms with E-state index in [0.29, 0.717) is 24.8 Å². The highest BCUT2D eigenvalue weighted by Crippen LogP contribution is 2.22. The maximum atomic E-state index is 12.8. The molecule has 3 rings (SSSR count). The standard InChI is InChI=1S/C21H33N3O5S/c1-17(22-30(26,27)20-5-3-19(28-2)4-6-20)21(25)24-11-8-18(9-12-24)7-10-23-13-15-29-16-14-23/h3-6,17-18,22H,7-16H2,1-2H3/t17-/m0/s1.